The minimum Gasteiger partial charge on any atom is -0.332 e. The Morgan fingerprint density at radius 2 is 2.00 bits per heavy atom. The van der Waals surface area contributed by atoms with Gasteiger partial charge >= 0.3 is 12.0 Å². The lowest BCUT2D eigenvalue weighted by Gasteiger charge is -2.26. The lowest BCUT2D eigenvalue weighted by molar-refractivity contribution is -0.0773. The maximum absolute atomic E-state index is 13.2. The molecule has 1 fully saturated rings. The third-order valence-electron chi connectivity index (χ3n) is 4.14. The van der Waals surface area contributed by atoms with Gasteiger partial charge in [-0.2, -0.15) is 13.8 Å². The quantitative estimate of drug-likeness (QED) is 0.733. The van der Waals surface area contributed by atoms with Crippen molar-refractivity contribution in [2.75, 3.05) is 14.2 Å². The summed E-state index contributed by atoms with van der Waals surface area (Å²) < 4.78 is 31.0. The minimum atomic E-state index is -3.18. The largest absolute Gasteiger partial charge is 0.344 e. The predicted molar refractivity (Wildman–Crippen MR) is 88.0 cm³/mol. The Balaban J connectivity index is 1.73. The molecule has 0 unspecified atom stereocenters. The number of hydrogen-bond donors (Lipinski definition) is 0. The molecule has 0 radical (unpaired) electrons. The van der Waals surface area contributed by atoms with Gasteiger partial charge in [0.15, 0.2) is 0 Å². The van der Waals surface area contributed by atoms with Crippen LogP contribution in [0.5, 0.6) is 0 Å². The van der Waals surface area contributed by atoms with E-state index in [1.165, 1.54) is 12.2 Å². The summed E-state index contributed by atoms with van der Waals surface area (Å²) in [7, 11) is 3.01. The van der Waals surface area contributed by atoms with Gasteiger partial charge in [0.2, 0.25) is 5.82 Å². The van der Waals surface area contributed by atoms with Crippen molar-refractivity contribution >= 4 is 6.03 Å². The van der Waals surface area contributed by atoms with Crippen LogP contribution in [0.4, 0.5) is 13.6 Å². The van der Waals surface area contributed by atoms with Gasteiger partial charge in [0.1, 0.15) is 0 Å². The number of amides is 2. The van der Waals surface area contributed by atoms with Gasteiger partial charge in [-0.15, -0.1) is 0 Å². The van der Waals surface area contributed by atoms with Gasteiger partial charge in [-0.3, -0.25) is 4.84 Å². The monoisotopic (exact) mass is 366 g/mol. The smallest absolute Gasteiger partial charge is 0.332 e. The molecule has 1 aromatic carbocycles. The van der Waals surface area contributed by atoms with Crippen molar-refractivity contribution in [1.82, 2.24) is 20.1 Å². The molecule has 1 aromatic heterocycles. The van der Waals surface area contributed by atoms with Crippen LogP contribution >= 0.6 is 0 Å². The lowest BCUT2D eigenvalue weighted by atomic mass is 10.1. The molecule has 0 bridgehead atoms. The van der Waals surface area contributed by atoms with Crippen LogP contribution in [0.1, 0.15) is 31.2 Å². The Morgan fingerprint density at radius 1 is 1.35 bits per heavy atom. The Labute approximate surface area is 149 Å². The minimum absolute atomic E-state index is 0.0994. The number of urea groups is 1. The zero-order chi connectivity index (χ0) is 18.9. The zero-order valence-corrected chi connectivity index (χ0v) is 14.8. The second kappa shape index (κ2) is 6.99. The molecule has 0 N–H and O–H groups in total. The number of halogens is 2. The maximum atomic E-state index is 13.2. The van der Waals surface area contributed by atoms with Crippen LogP contribution in [0.2, 0.25) is 0 Å². The molecule has 7 nitrogen and oxygen atoms in total. The van der Waals surface area contributed by atoms with E-state index in [2.05, 4.69) is 14.7 Å². The summed E-state index contributed by atoms with van der Waals surface area (Å²) in [6.45, 7) is 1.13. The number of benzene rings is 1. The third-order valence-corrected chi connectivity index (χ3v) is 4.14. The first kappa shape index (κ1) is 18.2. The fraction of sp³-hybridized carbons (Fsp3) is 0.471. The number of carbonyl (C=O) groups is 1. The Morgan fingerprint density at radius 3 is 2.50 bits per heavy atom. The number of rotatable bonds is 6. The number of alkyl halides is 2. The number of hydrogen-bond acceptors (Lipinski definition) is 5. The summed E-state index contributed by atoms with van der Waals surface area (Å²) in [6.07, 6.45) is 1.94. The number of nitrogens with zero attached hydrogens (tertiary/aromatic N) is 4. The lowest BCUT2D eigenvalue weighted by Crippen LogP contribution is -2.41. The highest BCUT2D eigenvalue weighted by Gasteiger charge is 2.34. The molecule has 9 heteroatoms. The van der Waals surface area contributed by atoms with E-state index in [9.17, 15) is 13.6 Å². The molecule has 0 saturated heterocycles. The normalized spacial score (nSPS) is 14.3. The van der Waals surface area contributed by atoms with Crippen molar-refractivity contribution in [3.63, 3.8) is 0 Å². The SMILES string of the molecule is CON(C)C(=O)N(Cc1ccc(-c2noc(C(C)(F)F)n2)cc1)C1CC1. The number of carbonyl (C=O) groups excluding carboxylic acids is 1. The van der Waals surface area contributed by atoms with Crippen molar-refractivity contribution in [3.8, 4) is 11.4 Å². The second-order valence-electron chi connectivity index (χ2n) is 6.33. The molecule has 1 saturated carbocycles. The Kier molecular flexibility index (Phi) is 4.90. The summed E-state index contributed by atoms with van der Waals surface area (Å²) in [5.74, 6) is -3.80. The van der Waals surface area contributed by atoms with E-state index < -0.39 is 11.8 Å². The molecule has 3 rings (SSSR count). The molecule has 140 valence electrons. The van der Waals surface area contributed by atoms with E-state index in [0.717, 1.165) is 18.4 Å². The van der Waals surface area contributed by atoms with Gasteiger partial charge in [0.05, 0.1) is 7.11 Å². The molecular weight excluding hydrogens is 346 g/mol. The molecule has 0 spiro atoms. The highest BCUT2D eigenvalue weighted by Crippen LogP contribution is 2.30. The summed E-state index contributed by atoms with van der Waals surface area (Å²) >= 11 is 0. The molecule has 2 amide bonds. The van der Waals surface area contributed by atoms with Gasteiger partial charge in [-0.25, -0.2) is 9.86 Å². The highest BCUT2D eigenvalue weighted by molar-refractivity contribution is 5.73. The molecule has 1 aliphatic rings. The Bertz CT molecular complexity index is 769. The fourth-order valence-corrected chi connectivity index (χ4v) is 2.47. The molecule has 26 heavy (non-hydrogen) atoms. The molecule has 1 aliphatic carbocycles. The van der Waals surface area contributed by atoms with Gasteiger partial charge in [-0.05, 0) is 18.4 Å². The summed E-state index contributed by atoms with van der Waals surface area (Å²) in [6, 6.07) is 7.06. The van der Waals surface area contributed by atoms with E-state index in [0.29, 0.717) is 19.0 Å². The topological polar surface area (TPSA) is 71.7 Å². The van der Waals surface area contributed by atoms with Crippen LogP contribution in [-0.2, 0) is 17.3 Å². The average molecular weight is 366 g/mol. The molecule has 2 aromatic rings. The van der Waals surface area contributed by atoms with Crippen LogP contribution in [0.15, 0.2) is 28.8 Å². The average Bonchev–Trinajstić information content (AvgIpc) is 3.32. The van der Waals surface area contributed by atoms with Crippen LogP contribution in [0.3, 0.4) is 0 Å². The van der Waals surface area contributed by atoms with Gasteiger partial charge in [0.25, 0.3) is 5.89 Å². The van der Waals surface area contributed by atoms with Crippen LogP contribution in [0.25, 0.3) is 11.4 Å². The summed E-state index contributed by atoms with van der Waals surface area (Å²) in [5, 5.41) is 4.78. The predicted octanol–water partition coefficient (Wildman–Crippen LogP) is 3.43. The first-order chi connectivity index (χ1) is 12.3. The molecule has 1 heterocycles. The van der Waals surface area contributed by atoms with E-state index in [1.807, 2.05) is 12.1 Å². The van der Waals surface area contributed by atoms with E-state index in [4.69, 9.17) is 4.84 Å². The van der Waals surface area contributed by atoms with Crippen molar-refractivity contribution in [2.45, 2.75) is 38.3 Å². The van der Waals surface area contributed by atoms with Gasteiger partial charge < -0.3 is 9.42 Å². The summed E-state index contributed by atoms with van der Waals surface area (Å²) in [5.41, 5.74) is 1.47. The number of hydroxylamine groups is 2. The van der Waals surface area contributed by atoms with Gasteiger partial charge in [-0.1, -0.05) is 29.4 Å². The standard InChI is InChI=1S/C17H20F2N4O3/c1-17(18,19)15-20-14(21-26-15)12-6-4-11(5-7-12)10-23(13-8-9-13)16(24)22(2)25-3/h4-7,13H,8-10H2,1-3H3. The third kappa shape index (κ3) is 3.98. The molecule has 0 aliphatic heterocycles. The van der Waals surface area contributed by atoms with Gasteiger partial charge in [0, 0.05) is 32.1 Å². The fourth-order valence-electron chi connectivity index (χ4n) is 2.47. The Hall–Kier alpha value is -2.55. The first-order valence-electron chi connectivity index (χ1n) is 8.19. The van der Waals surface area contributed by atoms with Crippen molar-refractivity contribution in [1.29, 1.82) is 0 Å². The van der Waals surface area contributed by atoms with E-state index in [1.54, 1.807) is 24.1 Å². The van der Waals surface area contributed by atoms with Crippen LogP contribution in [0, 0.1) is 0 Å². The van der Waals surface area contributed by atoms with Crippen LogP contribution in [-0.4, -0.2) is 46.3 Å². The summed E-state index contributed by atoms with van der Waals surface area (Å²) in [4.78, 5) is 22.8. The zero-order valence-electron chi connectivity index (χ0n) is 14.8. The molecule has 0 atom stereocenters. The van der Waals surface area contributed by atoms with E-state index >= 15 is 0 Å². The highest BCUT2D eigenvalue weighted by atomic mass is 19.3. The second-order valence-corrected chi connectivity index (χ2v) is 6.33. The van der Waals surface area contributed by atoms with Crippen LogP contribution < -0.4 is 0 Å². The van der Waals surface area contributed by atoms with Crippen molar-refractivity contribution < 1.29 is 22.9 Å². The number of aromatic nitrogens is 2. The first-order valence-corrected chi connectivity index (χ1v) is 8.19. The van der Waals surface area contributed by atoms with Crippen molar-refractivity contribution in [3.05, 3.63) is 35.7 Å². The maximum Gasteiger partial charge on any atom is 0.344 e. The van der Waals surface area contributed by atoms with E-state index in [-0.39, 0.29) is 17.9 Å². The molecular formula is C17H20F2N4O3. The van der Waals surface area contributed by atoms with Crippen molar-refractivity contribution in [2.24, 2.45) is 0 Å².